The molecule has 0 saturated carbocycles. The van der Waals surface area contributed by atoms with Crippen LogP contribution in [0.3, 0.4) is 0 Å². The monoisotopic (exact) mass is 297 g/mol. The lowest BCUT2D eigenvalue weighted by atomic mass is 10.1. The first-order chi connectivity index (χ1) is 10.2. The Morgan fingerprint density at radius 2 is 1.90 bits per heavy atom. The minimum atomic E-state index is -0.110. The molecule has 3 aromatic rings. The molecule has 1 atom stereocenters. The third-order valence-corrected chi connectivity index (χ3v) is 4.46. The van der Waals surface area contributed by atoms with Gasteiger partial charge in [0.05, 0.1) is 17.1 Å². The summed E-state index contributed by atoms with van der Waals surface area (Å²) in [7, 11) is 0. The van der Waals surface area contributed by atoms with E-state index < -0.39 is 0 Å². The number of imidazole rings is 1. The Morgan fingerprint density at radius 3 is 2.57 bits per heavy atom. The van der Waals surface area contributed by atoms with Gasteiger partial charge in [-0.05, 0) is 37.0 Å². The molecule has 0 amide bonds. The van der Waals surface area contributed by atoms with E-state index in [2.05, 4.69) is 38.8 Å². The predicted octanol–water partition coefficient (Wildman–Crippen LogP) is 4.07. The van der Waals surface area contributed by atoms with Crippen LogP contribution >= 0.6 is 11.6 Å². The van der Waals surface area contributed by atoms with Gasteiger partial charge in [0.1, 0.15) is 11.3 Å². The molecule has 0 aliphatic heterocycles. The second kappa shape index (κ2) is 4.85. The molecule has 0 spiro atoms. The van der Waals surface area contributed by atoms with Gasteiger partial charge in [-0.2, -0.15) is 0 Å². The molecule has 0 bridgehead atoms. The molecule has 21 heavy (non-hydrogen) atoms. The predicted molar refractivity (Wildman–Crippen MR) is 84.7 cm³/mol. The fourth-order valence-electron chi connectivity index (χ4n) is 3.35. The molecule has 106 valence electrons. The van der Waals surface area contributed by atoms with Gasteiger partial charge >= 0.3 is 0 Å². The smallest absolute Gasteiger partial charge is 0.128 e. The highest BCUT2D eigenvalue weighted by Gasteiger charge is 2.27. The third-order valence-electron chi connectivity index (χ3n) is 4.27. The van der Waals surface area contributed by atoms with Crippen LogP contribution in [-0.4, -0.2) is 14.5 Å². The zero-order valence-electron chi connectivity index (χ0n) is 11.8. The quantitative estimate of drug-likeness (QED) is 0.668. The highest BCUT2D eigenvalue weighted by atomic mass is 35.5. The molecule has 0 radical (unpaired) electrons. The van der Waals surface area contributed by atoms with Crippen LogP contribution in [0.4, 0.5) is 0 Å². The summed E-state index contributed by atoms with van der Waals surface area (Å²) in [5, 5.41) is -0.110. The van der Waals surface area contributed by atoms with Gasteiger partial charge in [0.25, 0.3) is 0 Å². The Labute approximate surface area is 128 Å². The summed E-state index contributed by atoms with van der Waals surface area (Å²) in [5.74, 6) is 0.942. The fourth-order valence-corrected chi connectivity index (χ4v) is 3.51. The Hall–Kier alpha value is -1.87. The maximum absolute atomic E-state index is 6.37. The second-order valence-electron chi connectivity index (χ2n) is 5.65. The van der Waals surface area contributed by atoms with E-state index in [1.54, 1.807) is 0 Å². The van der Waals surface area contributed by atoms with Gasteiger partial charge in [0.2, 0.25) is 0 Å². The van der Waals surface area contributed by atoms with Crippen LogP contribution < -0.4 is 0 Å². The normalized spacial score (nSPS) is 16.3. The second-order valence-corrected chi connectivity index (χ2v) is 6.31. The molecular formula is C17H16ClN3. The van der Waals surface area contributed by atoms with Crippen molar-refractivity contribution in [1.29, 1.82) is 0 Å². The van der Waals surface area contributed by atoms with E-state index in [4.69, 9.17) is 11.6 Å². The maximum atomic E-state index is 6.37. The van der Waals surface area contributed by atoms with Gasteiger partial charge in [-0.1, -0.05) is 24.3 Å². The van der Waals surface area contributed by atoms with E-state index in [0.29, 0.717) is 6.04 Å². The molecule has 1 aliphatic rings. The van der Waals surface area contributed by atoms with Crippen LogP contribution in [-0.2, 0) is 12.8 Å². The summed E-state index contributed by atoms with van der Waals surface area (Å²) in [6.45, 7) is 1.98. The van der Waals surface area contributed by atoms with Gasteiger partial charge in [0.15, 0.2) is 0 Å². The van der Waals surface area contributed by atoms with Crippen LogP contribution in [0, 0.1) is 0 Å². The Balaban J connectivity index is 1.85. The van der Waals surface area contributed by atoms with Crippen LogP contribution in [0.25, 0.3) is 11.0 Å². The van der Waals surface area contributed by atoms with E-state index >= 15 is 0 Å². The average Bonchev–Trinajstić information content (AvgIpc) is 3.07. The van der Waals surface area contributed by atoms with Crippen molar-refractivity contribution in [2.45, 2.75) is 31.2 Å². The Bertz CT molecular complexity index is 782. The van der Waals surface area contributed by atoms with Crippen LogP contribution in [0.1, 0.15) is 35.3 Å². The number of fused-ring (bicyclic) bond motifs is 2. The van der Waals surface area contributed by atoms with E-state index in [1.807, 2.05) is 25.4 Å². The third kappa shape index (κ3) is 2.04. The highest BCUT2D eigenvalue weighted by molar-refractivity contribution is 6.20. The summed E-state index contributed by atoms with van der Waals surface area (Å²) in [6.07, 6.45) is 5.73. The van der Waals surface area contributed by atoms with Gasteiger partial charge in [0, 0.05) is 12.2 Å². The van der Waals surface area contributed by atoms with Crippen molar-refractivity contribution in [2.24, 2.45) is 0 Å². The first-order valence-corrected chi connectivity index (χ1v) is 7.70. The van der Waals surface area contributed by atoms with E-state index in [9.17, 15) is 0 Å². The number of rotatable bonds is 2. The zero-order valence-corrected chi connectivity index (χ0v) is 12.6. The number of halogens is 1. The number of pyridine rings is 1. The zero-order chi connectivity index (χ0) is 14.4. The van der Waals surface area contributed by atoms with Gasteiger partial charge < -0.3 is 4.57 Å². The van der Waals surface area contributed by atoms with Crippen molar-refractivity contribution in [3.05, 3.63) is 59.7 Å². The molecule has 0 N–H and O–H groups in total. The maximum Gasteiger partial charge on any atom is 0.128 e. The molecule has 2 aromatic heterocycles. The molecule has 3 nitrogen and oxygen atoms in total. The van der Waals surface area contributed by atoms with Gasteiger partial charge in [-0.3, -0.25) is 4.98 Å². The minimum Gasteiger partial charge on any atom is -0.323 e. The molecule has 4 rings (SSSR count). The van der Waals surface area contributed by atoms with Crippen molar-refractivity contribution in [1.82, 2.24) is 14.5 Å². The topological polar surface area (TPSA) is 30.7 Å². The average molecular weight is 298 g/mol. The van der Waals surface area contributed by atoms with Gasteiger partial charge in [-0.15, -0.1) is 11.6 Å². The molecule has 1 unspecified atom stereocenters. The van der Waals surface area contributed by atoms with Crippen molar-refractivity contribution < 1.29 is 0 Å². The lowest BCUT2D eigenvalue weighted by Crippen LogP contribution is -2.13. The summed E-state index contributed by atoms with van der Waals surface area (Å²) >= 11 is 6.37. The number of hydrogen-bond acceptors (Lipinski definition) is 2. The molecular weight excluding hydrogens is 282 g/mol. The van der Waals surface area contributed by atoms with Crippen LogP contribution in [0.15, 0.2) is 42.7 Å². The highest BCUT2D eigenvalue weighted by Crippen LogP contribution is 2.35. The van der Waals surface area contributed by atoms with Crippen molar-refractivity contribution in [3.8, 4) is 0 Å². The van der Waals surface area contributed by atoms with Crippen LogP contribution in [0.2, 0.25) is 0 Å². The van der Waals surface area contributed by atoms with Crippen LogP contribution in [0.5, 0.6) is 0 Å². The first-order valence-electron chi connectivity index (χ1n) is 7.26. The van der Waals surface area contributed by atoms with Gasteiger partial charge in [-0.25, -0.2) is 4.98 Å². The largest absolute Gasteiger partial charge is 0.323 e. The summed E-state index contributed by atoms with van der Waals surface area (Å²) in [4.78, 5) is 8.86. The number of alkyl halides is 1. The molecule has 0 saturated heterocycles. The minimum absolute atomic E-state index is 0.110. The summed E-state index contributed by atoms with van der Waals surface area (Å²) in [6, 6.07) is 11.1. The Kier molecular flexibility index (Phi) is 2.96. The van der Waals surface area contributed by atoms with E-state index in [0.717, 1.165) is 29.7 Å². The lowest BCUT2D eigenvalue weighted by molar-refractivity contribution is 0.520. The van der Waals surface area contributed by atoms with Crippen molar-refractivity contribution >= 4 is 22.6 Å². The fraction of sp³-hybridized carbons (Fsp3) is 0.294. The number of nitrogens with zero attached hydrogens (tertiary/aromatic N) is 3. The summed E-state index contributed by atoms with van der Waals surface area (Å²) in [5.41, 5.74) is 4.93. The molecule has 2 heterocycles. The molecule has 1 aliphatic carbocycles. The molecule has 4 heteroatoms. The Morgan fingerprint density at radius 1 is 1.19 bits per heavy atom. The van der Waals surface area contributed by atoms with Crippen molar-refractivity contribution in [2.75, 3.05) is 0 Å². The van der Waals surface area contributed by atoms with E-state index in [-0.39, 0.29) is 5.38 Å². The standard InChI is InChI=1S/C17H16ClN3/c1-11(18)17-20-15-10-19-7-6-16(15)21(17)14-8-12-4-2-3-5-13(12)9-14/h2-7,10-11,14H,8-9H2,1H3. The number of aromatic nitrogens is 3. The number of benzene rings is 1. The summed E-state index contributed by atoms with van der Waals surface area (Å²) < 4.78 is 2.31. The van der Waals surface area contributed by atoms with Crippen molar-refractivity contribution in [3.63, 3.8) is 0 Å². The lowest BCUT2D eigenvalue weighted by Gasteiger charge is -2.17. The SMILES string of the molecule is CC(Cl)c1nc2cnccc2n1C1Cc2ccccc2C1. The molecule has 0 fully saturated rings. The first kappa shape index (κ1) is 12.8. The number of hydrogen-bond donors (Lipinski definition) is 0. The van der Waals surface area contributed by atoms with E-state index in [1.165, 1.54) is 11.1 Å². The molecule has 1 aromatic carbocycles.